The minimum absolute atomic E-state index is 0.129. The molecule has 202 valence electrons. The Balaban J connectivity index is 1.76. The van der Waals surface area contributed by atoms with Crippen molar-refractivity contribution in [3.05, 3.63) is 72.3 Å². The highest BCUT2D eigenvalue weighted by Gasteiger charge is 2.47. The van der Waals surface area contributed by atoms with Crippen LogP contribution >= 0.6 is 12.2 Å². The summed E-state index contributed by atoms with van der Waals surface area (Å²) in [5, 5.41) is 3.85. The molecule has 1 fully saturated rings. The molecule has 0 saturated heterocycles. The number of benzene rings is 3. The largest absolute Gasteiger partial charge is 0.493 e. The summed E-state index contributed by atoms with van der Waals surface area (Å²) in [5.74, 6) is 1.11. The van der Waals surface area contributed by atoms with Crippen molar-refractivity contribution in [3.63, 3.8) is 0 Å². The van der Waals surface area contributed by atoms with Crippen molar-refractivity contribution in [2.75, 3.05) is 31.5 Å². The summed E-state index contributed by atoms with van der Waals surface area (Å²) < 4.78 is 17.0. The van der Waals surface area contributed by atoms with Gasteiger partial charge in [0.15, 0.2) is 16.6 Å². The number of methoxy groups -OCH3 is 3. The van der Waals surface area contributed by atoms with Crippen LogP contribution in [0.25, 0.3) is 0 Å². The Morgan fingerprint density at radius 3 is 2.23 bits per heavy atom. The number of rotatable bonds is 5. The third-order valence-corrected chi connectivity index (χ3v) is 7.59. The molecule has 1 aliphatic carbocycles. The number of Topliss-reactive ketones (excluding diaryl/α,β-unsaturated/α-hetero) is 1. The topological polar surface area (TPSA) is 72.4 Å². The molecule has 1 heterocycles. The monoisotopic (exact) mass is 543 g/mol. The summed E-state index contributed by atoms with van der Waals surface area (Å²) in [6.07, 6.45) is 1.14. The average molecular weight is 544 g/mol. The molecule has 1 unspecified atom stereocenters. The van der Waals surface area contributed by atoms with Gasteiger partial charge in [-0.15, -0.1) is 0 Å². The molecule has 8 heteroatoms. The Hall–Kier alpha value is -3.91. The maximum Gasteiger partial charge on any atom is 0.203 e. The van der Waals surface area contributed by atoms with Gasteiger partial charge >= 0.3 is 0 Å². The maximum atomic E-state index is 14.0. The van der Waals surface area contributed by atoms with Crippen LogP contribution in [0.2, 0.25) is 0 Å². The van der Waals surface area contributed by atoms with Crippen molar-refractivity contribution in [1.82, 2.24) is 0 Å². The molecule has 1 saturated carbocycles. The van der Waals surface area contributed by atoms with E-state index in [-0.39, 0.29) is 11.2 Å². The van der Waals surface area contributed by atoms with Crippen molar-refractivity contribution < 1.29 is 19.0 Å². The van der Waals surface area contributed by atoms with Crippen LogP contribution in [0.15, 0.2) is 71.7 Å². The molecule has 1 aliphatic heterocycles. The van der Waals surface area contributed by atoms with Crippen molar-refractivity contribution in [2.45, 2.75) is 32.7 Å². The highest BCUT2D eigenvalue weighted by atomic mass is 32.1. The number of nitrogens with one attached hydrogen (secondary N) is 1. The van der Waals surface area contributed by atoms with Crippen molar-refractivity contribution in [2.24, 2.45) is 16.3 Å². The smallest absolute Gasteiger partial charge is 0.203 e. The van der Waals surface area contributed by atoms with Crippen molar-refractivity contribution in [3.8, 4) is 17.2 Å². The predicted octanol–water partition coefficient (Wildman–Crippen LogP) is 6.75. The van der Waals surface area contributed by atoms with Crippen LogP contribution in [0.5, 0.6) is 17.2 Å². The number of carbonyl (C=O) groups excluding carboxylic acids is 1. The number of hydrogen-bond donors (Lipinski definition) is 1. The Morgan fingerprint density at radius 2 is 1.59 bits per heavy atom. The summed E-state index contributed by atoms with van der Waals surface area (Å²) in [7, 11) is 4.75. The van der Waals surface area contributed by atoms with E-state index in [1.54, 1.807) is 21.3 Å². The number of ether oxygens (including phenoxy) is 3. The van der Waals surface area contributed by atoms with Crippen molar-refractivity contribution in [1.29, 1.82) is 0 Å². The van der Waals surface area contributed by atoms with Gasteiger partial charge in [0, 0.05) is 17.8 Å². The Labute approximate surface area is 234 Å². The van der Waals surface area contributed by atoms with Crippen LogP contribution in [0, 0.1) is 11.3 Å². The zero-order valence-electron chi connectivity index (χ0n) is 22.9. The van der Waals surface area contributed by atoms with Crippen LogP contribution in [0.4, 0.5) is 17.1 Å². The lowest BCUT2D eigenvalue weighted by Crippen LogP contribution is -2.48. The average Bonchev–Trinajstić information content (AvgIpc) is 3.06. The standard InChI is InChI=1S/C31H33N3O4S/c1-31(2)17-22-27(24(35)18-31)28(19-15-25(36-3)29(38-5)26(16-19)37-4)34(23-14-10-9-13-21(23)33-22)30(39)32-20-11-7-6-8-12-20/h6-16,27-28H,17-18H2,1-5H3,(H,32,39)/t27?,28-/m1/s1. The second kappa shape index (κ2) is 10.7. The van der Waals surface area contributed by atoms with Crippen LogP contribution in [-0.2, 0) is 4.79 Å². The highest BCUT2D eigenvalue weighted by Crippen LogP contribution is 2.50. The van der Waals surface area contributed by atoms with Gasteiger partial charge in [-0.3, -0.25) is 9.79 Å². The maximum absolute atomic E-state index is 14.0. The number of fused-ring (bicyclic) bond motifs is 2. The minimum atomic E-state index is -0.524. The molecule has 0 radical (unpaired) electrons. The van der Waals surface area contributed by atoms with Gasteiger partial charge in [-0.1, -0.05) is 44.2 Å². The zero-order chi connectivity index (χ0) is 27.7. The second-order valence-corrected chi connectivity index (χ2v) is 11.0. The quantitative estimate of drug-likeness (QED) is 0.357. The lowest BCUT2D eigenvalue weighted by atomic mass is 9.68. The molecule has 7 nitrogen and oxygen atoms in total. The van der Waals surface area contributed by atoms with Gasteiger partial charge in [0.1, 0.15) is 5.78 Å². The number of ketones is 1. The first-order chi connectivity index (χ1) is 18.8. The van der Waals surface area contributed by atoms with Crippen molar-refractivity contribution >= 4 is 45.9 Å². The zero-order valence-corrected chi connectivity index (χ0v) is 23.7. The fourth-order valence-corrected chi connectivity index (χ4v) is 6.00. The van der Waals surface area contributed by atoms with E-state index >= 15 is 0 Å². The molecule has 0 bridgehead atoms. The van der Waals surface area contributed by atoms with Gasteiger partial charge in [0.25, 0.3) is 0 Å². The molecule has 3 aromatic rings. The minimum Gasteiger partial charge on any atom is -0.493 e. The van der Waals surface area contributed by atoms with Crippen LogP contribution in [0.3, 0.4) is 0 Å². The van der Waals surface area contributed by atoms with Crippen LogP contribution in [0.1, 0.15) is 38.3 Å². The van der Waals surface area contributed by atoms with E-state index in [9.17, 15) is 4.79 Å². The van der Waals surface area contributed by atoms with Gasteiger partial charge < -0.3 is 24.4 Å². The van der Waals surface area contributed by atoms with Gasteiger partial charge in [-0.2, -0.15) is 0 Å². The molecular weight excluding hydrogens is 510 g/mol. The molecule has 0 spiro atoms. The second-order valence-electron chi connectivity index (χ2n) is 10.6. The number of nitrogens with zero attached hydrogens (tertiary/aromatic N) is 2. The molecule has 2 atom stereocenters. The van der Waals surface area contributed by atoms with E-state index in [0.29, 0.717) is 35.2 Å². The van der Waals surface area contributed by atoms with Crippen LogP contribution in [-0.4, -0.2) is 37.9 Å². The van der Waals surface area contributed by atoms with E-state index in [2.05, 4.69) is 19.2 Å². The summed E-state index contributed by atoms with van der Waals surface area (Å²) in [6.45, 7) is 4.24. The Kier molecular flexibility index (Phi) is 7.32. The van der Waals surface area contributed by atoms with Gasteiger partial charge in [-0.25, -0.2) is 0 Å². The molecule has 0 amide bonds. The fourth-order valence-electron chi connectivity index (χ4n) is 5.67. The first-order valence-corrected chi connectivity index (χ1v) is 13.3. The Morgan fingerprint density at radius 1 is 0.949 bits per heavy atom. The fraction of sp³-hybridized carbons (Fsp3) is 0.323. The summed E-state index contributed by atoms with van der Waals surface area (Å²) in [6, 6.07) is 21.0. The van der Waals surface area contributed by atoms with E-state index < -0.39 is 12.0 Å². The lowest BCUT2D eigenvalue weighted by molar-refractivity contribution is -0.124. The lowest BCUT2D eigenvalue weighted by Gasteiger charge is -2.42. The number of para-hydroxylation sites is 3. The number of aliphatic imine (C=N–C) groups is 1. The van der Waals surface area contributed by atoms with E-state index in [4.69, 9.17) is 31.4 Å². The third kappa shape index (κ3) is 5.08. The van der Waals surface area contributed by atoms with Gasteiger partial charge in [-0.05, 0) is 66.0 Å². The SMILES string of the molecule is COc1cc([C@@H]2C3C(=O)CC(C)(C)CC3=Nc3ccccc3N2C(=S)Nc2ccccc2)cc(OC)c1OC. The molecule has 2 aliphatic rings. The van der Waals surface area contributed by atoms with Gasteiger partial charge in [0.05, 0.1) is 44.7 Å². The molecule has 1 N–H and O–H groups in total. The molecule has 5 rings (SSSR count). The van der Waals surface area contributed by atoms with E-state index in [1.165, 1.54) is 0 Å². The predicted molar refractivity (Wildman–Crippen MR) is 159 cm³/mol. The van der Waals surface area contributed by atoms with Gasteiger partial charge in [0.2, 0.25) is 5.75 Å². The molecule has 39 heavy (non-hydrogen) atoms. The molecule has 3 aromatic carbocycles. The summed E-state index contributed by atoms with van der Waals surface area (Å²) in [4.78, 5) is 21.2. The molecular formula is C31H33N3O4S. The number of hydrogen-bond acceptors (Lipinski definition) is 6. The first kappa shape index (κ1) is 26.7. The normalized spacial score (nSPS) is 19.7. The number of anilines is 2. The summed E-state index contributed by atoms with van der Waals surface area (Å²) in [5.41, 5.74) is 3.91. The molecule has 0 aromatic heterocycles. The summed E-state index contributed by atoms with van der Waals surface area (Å²) >= 11 is 6.08. The third-order valence-electron chi connectivity index (χ3n) is 7.29. The first-order valence-electron chi connectivity index (χ1n) is 12.9. The number of carbonyl (C=O) groups is 1. The Bertz CT molecular complexity index is 1410. The van der Waals surface area contributed by atoms with Crippen LogP contribution < -0.4 is 24.4 Å². The van der Waals surface area contributed by atoms with E-state index in [0.717, 1.165) is 28.3 Å². The number of thiocarbonyl (C=S) groups is 1. The van der Waals surface area contributed by atoms with E-state index in [1.807, 2.05) is 71.6 Å². The highest BCUT2D eigenvalue weighted by molar-refractivity contribution is 7.80.